The third kappa shape index (κ3) is 3.28. The first-order chi connectivity index (χ1) is 7.60. The van der Waals surface area contributed by atoms with Crippen molar-refractivity contribution in [2.45, 2.75) is 27.3 Å². The molecule has 0 bridgehead atoms. The lowest BCUT2D eigenvalue weighted by atomic mass is 10.4. The van der Waals surface area contributed by atoms with E-state index in [0.717, 1.165) is 32.0 Å². The molecule has 0 unspecified atom stereocenters. The van der Waals surface area contributed by atoms with Crippen molar-refractivity contribution in [3.05, 3.63) is 25.9 Å². The van der Waals surface area contributed by atoms with Crippen LogP contribution >= 0.6 is 22.6 Å². The summed E-state index contributed by atoms with van der Waals surface area (Å²) in [5.41, 5.74) is 0.0697. The molecular weight excluding hydrogens is 317 g/mol. The Labute approximate surface area is 110 Å². The molecule has 0 amide bonds. The van der Waals surface area contributed by atoms with Crippen molar-refractivity contribution in [1.82, 2.24) is 14.5 Å². The minimum absolute atomic E-state index is 0.0697. The first kappa shape index (κ1) is 13.6. The highest BCUT2D eigenvalue weighted by molar-refractivity contribution is 14.1. The van der Waals surface area contributed by atoms with Crippen LogP contribution in [-0.4, -0.2) is 34.1 Å². The largest absolute Gasteiger partial charge is 0.302 e. The topological polar surface area (TPSA) is 38.1 Å². The third-order valence-electron chi connectivity index (χ3n) is 2.74. The Hall–Kier alpha value is -0.430. The summed E-state index contributed by atoms with van der Waals surface area (Å²) in [5, 5.41) is 0. The molecular formula is C11H18IN3O. The number of likely N-dealkylation sites (N-methyl/N-ethyl adjacent to an activating group) is 1. The van der Waals surface area contributed by atoms with Crippen LogP contribution in [0, 0.1) is 10.5 Å². The Morgan fingerprint density at radius 1 is 1.44 bits per heavy atom. The van der Waals surface area contributed by atoms with Gasteiger partial charge in [-0.2, -0.15) is 0 Å². The Kier molecular flexibility index (Phi) is 5.40. The fourth-order valence-electron chi connectivity index (χ4n) is 1.60. The van der Waals surface area contributed by atoms with E-state index in [9.17, 15) is 4.79 Å². The van der Waals surface area contributed by atoms with Gasteiger partial charge in [-0.15, -0.1) is 0 Å². The molecule has 1 heterocycles. The second-order valence-corrected chi connectivity index (χ2v) is 4.80. The lowest BCUT2D eigenvalue weighted by Gasteiger charge is -2.19. The number of halogens is 1. The van der Waals surface area contributed by atoms with Crippen molar-refractivity contribution >= 4 is 22.6 Å². The molecule has 0 aromatic carbocycles. The summed E-state index contributed by atoms with van der Waals surface area (Å²) < 4.78 is 2.43. The van der Waals surface area contributed by atoms with Crippen LogP contribution in [0.3, 0.4) is 0 Å². The monoisotopic (exact) mass is 335 g/mol. The van der Waals surface area contributed by atoms with E-state index in [1.807, 2.05) is 29.5 Å². The predicted molar refractivity (Wildman–Crippen MR) is 73.7 cm³/mol. The van der Waals surface area contributed by atoms with E-state index < -0.39 is 0 Å². The van der Waals surface area contributed by atoms with E-state index >= 15 is 0 Å². The highest BCUT2D eigenvalue weighted by Crippen LogP contribution is 1.98. The van der Waals surface area contributed by atoms with Crippen LogP contribution in [-0.2, 0) is 6.54 Å². The summed E-state index contributed by atoms with van der Waals surface area (Å²) in [4.78, 5) is 18.4. The molecule has 4 nitrogen and oxygen atoms in total. The number of hydrogen-bond acceptors (Lipinski definition) is 3. The molecule has 0 N–H and O–H groups in total. The van der Waals surface area contributed by atoms with Gasteiger partial charge in [0, 0.05) is 19.3 Å². The quantitative estimate of drug-likeness (QED) is 0.766. The third-order valence-corrected chi connectivity index (χ3v) is 3.48. The van der Waals surface area contributed by atoms with Crippen molar-refractivity contribution in [1.29, 1.82) is 0 Å². The molecule has 5 heteroatoms. The normalized spacial score (nSPS) is 11.1. The first-order valence-corrected chi connectivity index (χ1v) is 6.62. The maximum atomic E-state index is 11.9. The van der Waals surface area contributed by atoms with Crippen LogP contribution < -0.4 is 5.56 Å². The van der Waals surface area contributed by atoms with Crippen molar-refractivity contribution in [3.8, 4) is 0 Å². The van der Waals surface area contributed by atoms with E-state index in [1.165, 1.54) is 0 Å². The van der Waals surface area contributed by atoms with Crippen molar-refractivity contribution in [2.24, 2.45) is 0 Å². The molecule has 0 fully saturated rings. The molecule has 16 heavy (non-hydrogen) atoms. The first-order valence-electron chi connectivity index (χ1n) is 5.54. The minimum Gasteiger partial charge on any atom is -0.302 e. The average Bonchev–Trinajstić information content (AvgIpc) is 2.29. The van der Waals surface area contributed by atoms with Gasteiger partial charge in [-0.25, -0.2) is 4.98 Å². The lowest BCUT2D eigenvalue weighted by molar-refractivity contribution is 0.287. The van der Waals surface area contributed by atoms with Crippen LogP contribution in [0.15, 0.2) is 11.0 Å². The summed E-state index contributed by atoms with van der Waals surface area (Å²) >= 11 is 2.03. The summed E-state index contributed by atoms with van der Waals surface area (Å²) in [6, 6.07) is 0. The SMILES string of the molecule is CCN(CC)CCn1c(C)ncc(I)c1=O. The van der Waals surface area contributed by atoms with E-state index in [1.54, 1.807) is 10.8 Å². The molecule has 0 saturated carbocycles. The molecule has 0 aliphatic rings. The van der Waals surface area contributed by atoms with Gasteiger partial charge >= 0.3 is 0 Å². The number of rotatable bonds is 5. The molecule has 0 spiro atoms. The Balaban J connectivity index is 2.81. The molecule has 0 aliphatic heterocycles. The number of hydrogen-bond donors (Lipinski definition) is 0. The number of aryl methyl sites for hydroxylation is 1. The zero-order valence-corrected chi connectivity index (χ0v) is 12.2. The Morgan fingerprint density at radius 3 is 2.62 bits per heavy atom. The van der Waals surface area contributed by atoms with Crippen LogP contribution in [0.25, 0.3) is 0 Å². The van der Waals surface area contributed by atoms with E-state index in [0.29, 0.717) is 3.57 Å². The van der Waals surface area contributed by atoms with Crippen molar-refractivity contribution in [3.63, 3.8) is 0 Å². The highest BCUT2D eigenvalue weighted by Gasteiger charge is 2.06. The van der Waals surface area contributed by atoms with Crippen molar-refractivity contribution < 1.29 is 0 Å². The summed E-state index contributed by atoms with van der Waals surface area (Å²) in [5.74, 6) is 0.789. The summed E-state index contributed by atoms with van der Waals surface area (Å²) in [6.45, 7) is 9.78. The van der Waals surface area contributed by atoms with Crippen LogP contribution in [0.4, 0.5) is 0 Å². The van der Waals surface area contributed by atoms with Gasteiger partial charge in [0.1, 0.15) is 5.82 Å². The molecule has 0 radical (unpaired) electrons. The maximum absolute atomic E-state index is 11.9. The Bertz CT molecular complexity index is 399. The molecule has 1 aromatic heterocycles. The molecule has 1 aromatic rings. The Morgan fingerprint density at radius 2 is 2.06 bits per heavy atom. The minimum atomic E-state index is 0.0697. The standard InChI is InChI=1S/C11H18IN3O/c1-4-14(5-2)6-7-15-9(3)13-8-10(12)11(15)16/h8H,4-7H2,1-3H3. The molecule has 90 valence electrons. The van der Waals surface area contributed by atoms with Gasteiger partial charge in [0.15, 0.2) is 0 Å². The van der Waals surface area contributed by atoms with Gasteiger partial charge in [0.25, 0.3) is 5.56 Å². The maximum Gasteiger partial charge on any atom is 0.266 e. The van der Waals surface area contributed by atoms with E-state index in [4.69, 9.17) is 0 Å². The van der Waals surface area contributed by atoms with E-state index in [2.05, 4.69) is 23.7 Å². The average molecular weight is 335 g/mol. The smallest absolute Gasteiger partial charge is 0.266 e. The second kappa shape index (κ2) is 6.34. The van der Waals surface area contributed by atoms with Gasteiger partial charge in [0.2, 0.25) is 0 Å². The second-order valence-electron chi connectivity index (χ2n) is 3.64. The van der Waals surface area contributed by atoms with E-state index in [-0.39, 0.29) is 5.56 Å². The molecule has 0 aliphatic carbocycles. The van der Waals surface area contributed by atoms with Crippen LogP contribution in [0.1, 0.15) is 19.7 Å². The number of aromatic nitrogens is 2. The lowest BCUT2D eigenvalue weighted by Crippen LogP contribution is -2.33. The van der Waals surface area contributed by atoms with Gasteiger partial charge in [-0.1, -0.05) is 13.8 Å². The fourth-order valence-corrected chi connectivity index (χ4v) is 2.03. The van der Waals surface area contributed by atoms with Gasteiger partial charge < -0.3 is 4.90 Å². The fraction of sp³-hybridized carbons (Fsp3) is 0.636. The van der Waals surface area contributed by atoms with Crippen LogP contribution in [0.5, 0.6) is 0 Å². The molecule has 0 saturated heterocycles. The van der Waals surface area contributed by atoms with Crippen molar-refractivity contribution in [2.75, 3.05) is 19.6 Å². The number of nitrogens with zero attached hydrogens (tertiary/aromatic N) is 3. The van der Waals surface area contributed by atoms with Gasteiger partial charge in [-0.3, -0.25) is 9.36 Å². The zero-order chi connectivity index (χ0) is 12.1. The predicted octanol–water partition coefficient (Wildman–Crippen LogP) is 1.50. The highest BCUT2D eigenvalue weighted by atomic mass is 127. The molecule has 1 rings (SSSR count). The van der Waals surface area contributed by atoms with Gasteiger partial charge in [0.05, 0.1) is 3.57 Å². The summed E-state index contributed by atoms with van der Waals surface area (Å²) in [6.07, 6.45) is 1.63. The van der Waals surface area contributed by atoms with Gasteiger partial charge in [-0.05, 0) is 42.6 Å². The van der Waals surface area contributed by atoms with Crippen LogP contribution in [0.2, 0.25) is 0 Å². The zero-order valence-electron chi connectivity index (χ0n) is 10.0. The summed E-state index contributed by atoms with van der Waals surface area (Å²) in [7, 11) is 0. The molecule has 0 atom stereocenters.